The van der Waals surface area contributed by atoms with Gasteiger partial charge in [0.25, 0.3) is 5.91 Å². The quantitative estimate of drug-likeness (QED) is 0.896. The summed E-state index contributed by atoms with van der Waals surface area (Å²) >= 11 is 0. The van der Waals surface area contributed by atoms with Gasteiger partial charge in [-0.3, -0.25) is 4.79 Å². The third-order valence-electron chi connectivity index (χ3n) is 2.98. The van der Waals surface area contributed by atoms with Gasteiger partial charge in [-0.1, -0.05) is 12.1 Å². The molecule has 1 aromatic carbocycles. The van der Waals surface area contributed by atoms with Crippen LogP contribution >= 0.6 is 12.4 Å². The van der Waals surface area contributed by atoms with Crippen molar-refractivity contribution in [3.8, 4) is 5.75 Å². The van der Waals surface area contributed by atoms with E-state index in [1.54, 1.807) is 12.1 Å². The first kappa shape index (κ1) is 16.7. The summed E-state index contributed by atoms with van der Waals surface area (Å²) in [5, 5.41) is 5.99. The lowest BCUT2D eigenvalue weighted by atomic mass is 10.1. The SMILES string of the molecule is Cl.O=C(NC1CCCNC1)c1ccccc1OC(F)F. The van der Waals surface area contributed by atoms with Crippen LogP contribution in [0.15, 0.2) is 24.3 Å². The van der Waals surface area contributed by atoms with Crippen molar-refractivity contribution in [2.24, 2.45) is 0 Å². The van der Waals surface area contributed by atoms with Crippen molar-refractivity contribution in [2.75, 3.05) is 13.1 Å². The molecule has 7 heteroatoms. The number of carbonyl (C=O) groups excluding carboxylic acids is 1. The Morgan fingerprint density at radius 3 is 2.80 bits per heavy atom. The van der Waals surface area contributed by atoms with Gasteiger partial charge in [0.15, 0.2) is 0 Å². The Hall–Kier alpha value is -1.40. The molecular weight excluding hydrogens is 290 g/mol. The van der Waals surface area contributed by atoms with E-state index in [2.05, 4.69) is 15.4 Å². The first-order chi connectivity index (χ1) is 9.16. The second-order valence-electron chi connectivity index (χ2n) is 4.39. The molecule has 1 fully saturated rings. The second kappa shape index (κ2) is 8.01. The number of halogens is 3. The second-order valence-corrected chi connectivity index (χ2v) is 4.39. The molecule has 2 rings (SSSR count). The molecular formula is C13H17ClF2N2O2. The molecule has 0 radical (unpaired) electrons. The number of rotatable bonds is 4. The number of para-hydroxylation sites is 1. The third kappa shape index (κ3) is 4.61. The fraction of sp³-hybridized carbons (Fsp3) is 0.462. The molecule has 1 atom stereocenters. The third-order valence-corrected chi connectivity index (χ3v) is 2.98. The number of carbonyl (C=O) groups is 1. The molecule has 1 aliphatic heterocycles. The fourth-order valence-electron chi connectivity index (χ4n) is 2.09. The monoisotopic (exact) mass is 306 g/mol. The number of hydrogen-bond acceptors (Lipinski definition) is 3. The Labute approximate surface area is 122 Å². The van der Waals surface area contributed by atoms with Crippen LogP contribution in [-0.4, -0.2) is 31.7 Å². The van der Waals surface area contributed by atoms with Gasteiger partial charge in [0.1, 0.15) is 5.75 Å². The van der Waals surface area contributed by atoms with E-state index in [-0.39, 0.29) is 35.7 Å². The molecule has 0 aliphatic carbocycles. The highest BCUT2D eigenvalue weighted by Gasteiger charge is 2.19. The first-order valence-corrected chi connectivity index (χ1v) is 6.22. The van der Waals surface area contributed by atoms with E-state index in [1.807, 2.05) is 0 Å². The number of nitrogens with one attached hydrogen (secondary N) is 2. The van der Waals surface area contributed by atoms with Crippen LogP contribution in [0.4, 0.5) is 8.78 Å². The van der Waals surface area contributed by atoms with Crippen LogP contribution in [0.5, 0.6) is 5.75 Å². The van der Waals surface area contributed by atoms with E-state index < -0.39 is 6.61 Å². The van der Waals surface area contributed by atoms with E-state index >= 15 is 0 Å². The summed E-state index contributed by atoms with van der Waals surface area (Å²) in [4.78, 5) is 12.1. The van der Waals surface area contributed by atoms with Crippen LogP contribution in [0.3, 0.4) is 0 Å². The van der Waals surface area contributed by atoms with Gasteiger partial charge in [0, 0.05) is 12.6 Å². The lowest BCUT2D eigenvalue weighted by Gasteiger charge is -2.24. The average molecular weight is 307 g/mol. The van der Waals surface area contributed by atoms with Crippen LogP contribution in [0, 0.1) is 0 Å². The Balaban J connectivity index is 0.00000200. The minimum atomic E-state index is -2.94. The van der Waals surface area contributed by atoms with Crippen LogP contribution in [0.25, 0.3) is 0 Å². The zero-order chi connectivity index (χ0) is 13.7. The number of ether oxygens (including phenoxy) is 1. The van der Waals surface area contributed by atoms with Crippen molar-refractivity contribution in [3.05, 3.63) is 29.8 Å². The van der Waals surface area contributed by atoms with Gasteiger partial charge in [-0.2, -0.15) is 8.78 Å². The first-order valence-electron chi connectivity index (χ1n) is 6.22. The van der Waals surface area contributed by atoms with Gasteiger partial charge in [-0.15, -0.1) is 12.4 Å². The topological polar surface area (TPSA) is 50.4 Å². The Kier molecular flexibility index (Phi) is 6.67. The van der Waals surface area contributed by atoms with Crippen LogP contribution in [-0.2, 0) is 0 Å². The Morgan fingerprint density at radius 2 is 2.15 bits per heavy atom. The largest absolute Gasteiger partial charge is 0.434 e. The fourth-order valence-corrected chi connectivity index (χ4v) is 2.09. The molecule has 1 unspecified atom stereocenters. The van der Waals surface area contributed by atoms with Crippen LogP contribution in [0.1, 0.15) is 23.2 Å². The van der Waals surface area contributed by atoms with Crippen LogP contribution in [0.2, 0.25) is 0 Å². The molecule has 1 aromatic rings. The predicted octanol–water partition coefficient (Wildman–Crippen LogP) is 2.19. The number of amides is 1. The van der Waals surface area contributed by atoms with E-state index in [4.69, 9.17) is 0 Å². The molecule has 1 saturated heterocycles. The molecule has 112 valence electrons. The Bertz CT molecular complexity index is 440. The molecule has 1 amide bonds. The summed E-state index contributed by atoms with van der Waals surface area (Å²) in [5.74, 6) is -0.483. The van der Waals surface area contributed by atoms with E-state index in [9.17, 15) is 13.6 Å². The zero-order valence-electron chi connectivity index (χ0n) is 10.8. The summed E-state index contributed by atoms with van der Waals surface area (Å²) in [6.07, 6.45) is 1.87. The van der Waals surface area contributed by atoms with Crippen molar-refractivity contribution < 1.29 is 18.3 Å². The molecule has 20 heavy (non-hydrogen) atoms. The molecule has 2 N–H and O–H groups in total. The van der Waals surface area contributed by atoms with Crippen LogP contribution < -0.4 is 15.4 Å². The summed E-state index contributed by atoms with van der Waals surface area (Å²) in [6, 6.07) is 6.04. The molecule has 0 bridgehead atoms. The molecule has 0 spiro atoms. The minimum absolute atomic E-state index is 0. The Morgan fingerprint density at radius 1 is 1.40 bits per heavy atom. The lowest BCUT2D eigenvalue weighted by Crippen LogP contribution is -2.45. The maximum Gasteiger partial charge on any atom is 0.387 e. The van der Waals surface area contributed by atoms with Gasteiger partial charge in [0.2, 0.25) is 0 Å². The van der Waals surface area contributed by atoms with Gasteiger partial charge >= 0.3 is 6.61 Å². The maximum atomic E-state index is 12.3. The zero-order valence-corrected chi connectivity index (χ0v) is 11.6. The van der Waals surface area contributed by atoms with Crippen molar-refractivity contribution in [3.63, 3.8) is 0 Å². The highest BCUT2D eigenvalue weighted by Crippen LogP contribution is 2.20. The van der Waals surface area contributed by atoms with Gasteiger partial charge < -0.3 is 15.4 Å². The number of benzene rings is 1. The normalized spacial score (nSPS) is 18.2. The molecule has 1 heterocycles. The molecule has 4 nitrogen and oxygen atoms in total. The summed E-state index contributed by atoms with van der Waals surface area (Å²) < 4.78 is 28.9. The predicted molar refractivity (Wildman–Crippen MR) is 73.7 cm³/mol. The standard InChI is InChI=1S/C13H16F2N2O2.ClH/c14-13(15)19-11-6-2-1-5-10(11)12(18)17-9-4-3-7-16-8-9;/h1-2,5-6,9,13,16H,3-4,7-8H2,(H,17,18);1H. The highest BCUT2D eigenvalue weighted by molar-refractivity contribution is 5.97. The van der Waals surface area contributed by atoms with Gasteiger partial charge in [-0.25, -0.2) is 0 Å². The maximum absolute atomic E-state index is 12.3. The van der Waals surface area contributed by atoms with E-state index in [0.717, 1.165) is 19.4 Å². The summed E-state index contributed by atoms with van der Waals surface area (Å²) in [5.41, 5.74) is 0.133. The molecule has 0 saturated carbocycles. The van der Waals surface area contributed by atoms with E-state index in [1.165, 1.54) is 12.1 Å². The highest BCUT2D eigenvalue weighted by atomic mass is 35.5. The number of alkyl halides is 2. The summed E-state index contributed by atoms with van der Waals surface area (Å²) in [6.45, 7) is -1.30. The minimum Gasteiger partial charge on any atom is -0.434 e. The molecule has 0 aromatic heterocycles. The average Bonchev–Trinajstić information content (AvgIpc) is 2.39. The van der Waals surface area contributed by atoms with Crippen molar-refractivity contribution >= 4 is 18.3 Å². The number of hydrogen-bond donors (Lipinski definition) is 2. The molecule has 1 aliphatic rings. The van der Waals surface area contributed by atoms with Crippen molar-refractivity contribution in [1.82, 2.24) is 10.6 Å². The van der Waals surface area contributed by atoms with Crippen molar-refractivity contribution in [1.29, 1.82) is 0 Å². The number of piperidine rings is 1. The summed E-state index contributed by atoms with van der Waals surface area (Å²) in [7, 11) is 0. The van der Waals surface area contributed by atoms with Crippen molar-refractivity contribution in [2.45, 2.75) is 25.5 Å². The van der Waals surface area contributed by atoms with Gasteiger partial charge in [0.05, 0.1) is 5.56 Å². The van der Waals surface area contributed by atoms with E-state index in [0.29, 0.717) is 6.54 Å². The smallest absolute Gasteiger partial charge is 0.387 e. The van der Waals surface area contributed by atoms with Gasteiger partial charge in [-0.05, 0) is 31.5 Å². The lowest BCUT2D eigenvalue weighted by molar-refractivity contribution is -0.0501.